The van der Waals surface area contributed by atoms with E-state index in [1.807, 2.05) is 6.07 Å². The Morgan fingerprint density at radius 3 is 2.53 bits per heavy atom. The molecule has 0 saturated carbocycles. The van der Waals surface area contributed by atoms with E-state index in [-0.39, 0.29) is 17.8 Å². The highest BCUT2D eigenvalue weighted by atomic mass is 32.1. The number of hydrogen-bond acceptors (Lipinski definition) is 5. The first-order valence-corrected chi connectivity index (χ1v) is 11.2. The van der Waals surface area contributed by atoms with Crippen LogP contribution in [0.4, 0.5) is 5.13 Å². The van der Waals surface area contributed by atoms with Crippen LogP contribution in [0.1, 0.15) is 65.8 Å². The minimum absolute atomic E-state index is 0.0158. The van der Waals surface area contributed by atoms with Gasteiger partial charge in [-0.1, -0.05) is 49.4 Å². The van der Waals surface area contributed by atoms with E-state index in [9.17, 15) is 9.59 Å². The number of para-hydroxylation sites is 1. The number of hydrogen-bond donors (Lipinski definition) is 0. The van der Waals surface area contributed by atoms with Crippen molar-refractivity contribution in [1.82, 2.24) is 4.98 Å². The number of benzene rings is 2. The van der Waals surface area contributed by atoms with Crippen LogP contribution in [0.15, 0.2) is 42.5 Å². The zero-order valence-corrected chi connectivity index (χ0v) is 18.4. The number of ketones is 1. The summed E-state index contributed by atoms with van der Waals surface area (Å²) in [5.74, 6) is 0.216. The summed E-state index contributed by atoms with van der Waals surface area (Å²) in [5, 5.41) is 0.689. The van der Waals surface area contributed by atoms with Gasteiger partial charge in [-0.3, -0.25) is 14.5 Å². The average Bonchev–Trinajstić information content (AvgIpc) is 3.40. The van der Waals surface area contributed by atoms with E-state index in [1.54, 1.807) is 29.2 Å². The van der Waals surface area contributed by atoms with Crippen LogP contribution in [0.3, 0.4) is 0 Å². The molecule has 0 spiro atoms. The van der Waals surface area contributed by atoms with Gasteiger partial charge in [-0.15, -0.1) is 0 Å². The molecule has 6 heteroatoms. The normalized spacial score (nSPS) is 16.3. The number of aromatic nitrogens is 1. The van der Waals surface area contributed by atoms with E-state index in [0.717, 1.165) is 29.7 Å². The van der Waals surface area contributed by atoms with Gasteiger partial charge in [0.15, 0.2) is 10.9 Å². The molecule has 156 valence electrons. The predicted octanol–water partition coefficient (Wildman–Crippen LogP) is 5.45. The summed E-state index contributed by atoms with van der Waals surface area (Å²) in [5.41, 5.74) is 3.29. The predicted molar refractivity (Wildman–Crippen MR) is 121 cm³/mol. The van der Waals surface area contributed by atoms with Crippen molar-refractivity contribution in [3.8, 4) is 0 Å². The molecule has 4 rings (SSSR count). The second-order valence-electron chi connectivity index (χ2n) is 8.03. The van der Waals surface area contributed by atoms with Gasteiger partial charge in [0, 0.05) is 17.7 Å². The lowest BCUT2D eigenvalue weighted by Gasteiger charge is -2.23. The van der Waals surface area contributed by atoms with Crippen LogP contribution in [-0.4, -0.2) is 35.9 Å². The third-order valence-corrected chi connectivity index (χ3v) is 6.53. The molecule has 2 aromatic carbocycles. The molecule has 1 aromatic heterocycles. The van der Waals surface area contributed by atoms with Gasteiger partial charge in [-0.05, 0) is 49.4 Å². The van der Waals surface area contributed by atoms with E-state index in [2.05, 4.69) is 26.0 Å². The Morgan fingerprint density at radius 1 is 1.17 bits per heavy atom. The molecule has 3 aromatic rings. The van der Waals surface area contributed by atoms with E-state index in [4.69, 9.17) is 9.72 Å². The number of carbonyl (C=O) groups is 2. The van der Waals surface area contributed by atoms with Gasteiger partial charge >= 0.3 is 0 Å². The van der Waals surface area contributed by atoms with Crippen molar-refractivity contribution in [3.05, 3.63) is 59.2 Å². The second kappa shape index (κ2) is 8.66. The summed E-state index contributed by atoms with van der Waals surface area (Å²) < 4.78 is 6.89. The van der Waals surface area contributed by atoms with Gasteiger partial charge in [-0.25, -0.2) is 4.98 Å². The fourth-order valence-electron chi connectivity index (χ4n) is 3.78. The van der Waals surface area contributed by atoms with E-state index < -0.39 is 0 Å². The maximum absolute atomic E-state index is 13.5. The first kappa shape index (κ1) is 20.7. The van der Waals surface area contributed by atoms with Crippen LogP contribution in [0.25, 0.3) is 10.2 Å². The zero-order chi connectivity index (χ0) is 21.3. The van der Waals surface area contributed by atoms with Crippen molar-refractivity contribution < 1.29 is 14.3 Å². The molecule has 1 amide bonds. The third kappa shape index (κ3) is 4.16. The quantitative estimate of drug-likeness (QED) is 0.496. The van der Waals surface area contributed by atoms with Gasteiger partial charge in [-0.2, -0.15) is 0 Å². The third-order valence-electron chi connectivity index (χ3n) is 5.49. The maximum atomic E-state index is 13.5. The topological polar surface area (TPSA) is 59.5 Å². The summed E-state index contributed by atoms with van der Waals surface area (Å²) in [6, 6.07) is 13.0. The second-order valence-corrected chi connectivity index (χ2v) is 9.04. The molecule has 5 nitrogen and oxygen atoms in total. The molecule has 1 fully saturated rings. The fraction of sp³-hybridized carbons (Fsp3) is 0.375. The molecular formula is C24H26N2O3S. The van der Waals surface area contributed by atoms with Crippen LogP contribution in [0, 0.1) is 0 Å². The molecule has 0 radical (unpaired) electrons. The molecule has 0 bridgehead atoms. The largest absolute Gasteiger partial charge is 0.376 e. The SMILES string of the molecule is CC(=O)c1ccc(C(=O)N(CC2CCCO2)c2nc3c(C(C)C)cccc3s2)cc1. The lowest BCUT2D eigenvalue weighted by molar-refractivity contribution is 0.0916. The van der Waals surface area contributed by atoms with Crippen molar-refractivity contribution in [2.45, 2.75) is 45.6 Å². The smallest absolute Gasteiger partial charge is 0.260 e. The molecule has 0 N–H and O–H groups in total. The van der Waals surface area contributed by atoms with Crippen LogP contribution < -0.4 is 4.90 Å². The number of rotatable bonds is 6. The Morgan fingerprint density at radius 2 is 1.90 bits per heavy atom. The van der Waals surface area contributed by atoms with E-state index in [1.165, 1.54) is 23.8 Å². The van der Waals surface area contributed by atoms with Crippen LogP contribution in [-0.2, 0) is 4.74 Å². The van der Waals surface area contributed by atoms with Crippen molar-refractivity contribution in [1.29, 1.82) is 0 Å². The lowest BCUT2D eigenvalue weighted by Crippen LogP contribution is -2.37. The minimum Gasteiger partial charge on any atom is -0.376 e. The average molecular weight is 423 g/mol. The highest BCUT2D eigenvalue weighted by Crippen LogP contribution is 2.34. The summed E-state index contributed by atoms with van der Waals surface area (Å²) in [6.45, 7) is 7.04. The Bertz CT molecular complexity index is 1070. The van der Waals surface area contributed by atoms with Gasteiger partial charge in [0.05, 0.1) is 22.9 Å². The molecule has 1 aliphatic rings. The van der Waals surface area contributed by atoms with Crippen LogP contribution in [0.5, 0.6) is 0 Å². The molecule has 30 heavy (non-hydrogen) atoms. The highest BCUT2D eigenvalue weighted by molar-refractivity contribution is 7.22. The van der Waals surface area contributed by atoms with Crippen molar-refractivity contribution >= 4 is 38.4 Å². The molecule has 1 atom stereocenters. The lowest BCUT2D eigenvalue weighted by atomic mass is 10.0. The monoisotopic (exact) mass is 422 g/mol. The van der Waals surface area contributed by atoms with Gasteiger partial charge in [0.25, 0.3) is 5.91 Å². The molecule has 1 unspecified atom stereocenters. The van der Waals surface area contributed by atoms with Crippen molar-refractivity contribution in [2.75, 3.05) is 18.1 Å². The van der Waals surface area contributed by atoms with Crippen molar-refractivity contribution in [3.63, 3.8) is 0 Å². The number of anilines is 1. The highest BCUT2D eigenvalue weighted by Gasteiger charge is 2.27. The number of ether oxygens (including phenoxy) is 1. The van der Waals surface area contributed by atoms with Gasteiger partial charge in [0.2, 0.25) is 0 Å². The summed E-state index contributed by atoms with van der Waals surface area (Å²) in [7, 11) is 0. The van der Waals surface area contributed by atoms with Gasteiger partial charge in [0.1, 0.15) is 0 Å². The number of carbonyl (C=O) groups excluding carboxylic acids is 2. The summed E-state index contributed by atoms with van der Waals surface area (Å²) in [4.78, 5) is 31.7. The summed E-state index contributed by atoms with van der Waals surface area (Å²) in [6.07, 6.45) is 1.97. The first-order valence-electron chi connectivity index (χ1n) is 10.4. The fourth-order valence-corrected chi connectivity index (χ4v) is 4.79. The Hall–Kier alpha value is -2.57. The standard InChI is InChI=1S/C24H26N2O3S/c1-15(2)20-7-4-8-21-22(20)25-24(30-21)26(14-19-6-5-13-29-19)23(28)18-11-9-17(10-12-18)16(3)27/h4,7-12,15,19H,5-6,13-14H2,1-3H3. The molecule has 2 heterocycles. The molecule has 1 saturated heterocycles. The van der Waals surface area contributed by atoms with E-state index >= 15 is 0 Å². The van der Waals surface area contributed by atoms with Crippen LogP contribution in [0.2, 0.25) is 0 Å². The van der Waals surface area contributed by atoms with Crippen molar-refractivity contribution in [2.24, 2.45) is 0 Å². The van der Waals surface area contributed by atoms with Crippen LogP contribution >= 0.6 is 11.3 Å². The van der Waals surface area contributed by atoms with E-state index in [0.29, 0.717) is 28.7 Å². The zero-order valence-electron chi connectivity index (χ0n) is 17.6. The Kier molecular flexibility index (Phi) is 5.97. The molecule has 0 aliphatic carbocycles. The number of thiazole rings is 1. The maximum Gasteiger partial charge on any atom is 0.260 e. The van der Waals surface area contributed by atoms with Gasteiger partial charge < -0.3 is 4.74 Å². The number of nitrogens with zero attached hydrogens (tertiary/aromatic N) is 2. The molecular weight excluding hydrogens is 396 g/mol. The summed E-state index contributed by atoms with van der Waals surface area (Å²) >= 11 is 1.54. The first-order chi connectivity index (χ1) is 14.4. The number of fused-ring (bicyclic) bond motifs is 1. The Labute approximate surface area is 180 Å². The Balaban J connectivity index is 1.72. The minimum atomic E-state index is -0.120. The molecule has 1 aliphatic heterocycles. The number of Topliss-reactive ketones (excluding diaryl/α,β-unsaturated/α-hetero) is 1. The number of amides is 1.